The van der Waals surface area contributed by atoms with Crippen molar-refractivity contribution in [3.8, 4) is 0 Å². The van der Waals surface area contributed by atoms with Crippen molar-refractivity contribution in [1.29, 1.82) is 0 Å². The van der Waals surface area contributed by atoms with Gasteiger partial charge < -0.3 is 15.5 Å². The third-order valence-corrected chi connectivity index (χ3v) is 5.66. The van der Waals surface area contributed by atoms with Crippen LogP contribution >= 0.6 is 0 Å². The number of nitrogens with zero attached hydrogens (tertiary/aromatic N) is 1. The van der Waals surface area contributed by atoms with Crippen LogP contribution in [0.3, 0.4) is 0 Å². The zero-order valence-corrected chi connectivity index (χ0v) is 14.8. The van der Waals surface area contributed by atoms with Crippen LogP contribution < -0.4 is 10.6 Å². The van der Waals surface area contributed by atoms with Crippen molar-refractivity contribution in [1.82, 2.24) is 15.5 Å². The van der Waals surface area contributed by atoms with Crippen LogP contribution in [-0.2, 0) is 10.2 Å². The van der Waals surface area contributed by atoms with Crippen molar-refractivity contribution in [2.24, 2.45) is 0 Å². The van der Waals surface area contributed by atoms with Crippen LogP contribution in [0, 0.1) is 6.92 Å². The van der Waals surface area contributed by atoms with E-state index >= 15 is 0 Å². The maximum atomic E-state index is 12.0. The smallest absolute Gasteiger partial charge is 0.315 e. The van der Waals surface area contributed by atoms with Gasteiger partial charge in [-0.05, 0) is 37.3 Å². The lowest BCUT2D eigenvalue weighted by Crippen LogP contribution is -2.44. The lowest BCUT2D eigenvalue weighted by Gasteiger charge is -2.40. The van der Waals surface area contributed by atoms with E-state index in [0.29, 0.717) is 6.42 Å². The van der Waals surface area contributed by atoms with Gasteiger partial charge in [0.1, 0.15) is 0 Å². The van der Waals surface area contributed by atoms with Crippen molar-refractivity contribution >= 4 is 11.9 Å². The fraction of sp³-hybridized carbons (Fsp3) is 0.579. The number of carbonyl (C=O) groups is 2. The second-order valence-corrected chi connectivity index (χ2v) is 7.09. The van der Waals surface area contributed by atoms with E-state index in [2.05, 4.69) is 35.8 Å². The molecule has 5 heteroatoms. The van der Waals surface area contributed by atoms with E-state index in [9.17, 15) is 9.59 Å². The number of nitrogens with one attached hydrogen (secondary N) is 2. The fourth-order valence-electron chi connectivity index (χ4n) is 4.28. The summed E-state index contributed by atoms with van der Waals surface area (Å²) in [5.41, 5.74) is 3.94. The van der Waals surface area contributed by atoms with Gasteiger partial charge in [-0.15, -0.1) is 0 Å². The molecular formula is C19H27N3O2. The Hall–Kier alpha value is -2.04. The minimum Gasteiger partial charge on any atom is -0.343 e. The quantitative estimate of drug-likeness (QED) is 0.876. The Morgan fingerprint density at radius 3 is 2.62 bits per heavy atom. The number of aryl methyl sites for hydroxylation is 1. The summed E-state index contributed by atoms with van der Waals surface area (Å²) in [6.07, 6.45) is 3.44. The average molecular weight is 329 g/mol. The topological polar surface area (TPSA) is 61.4 Å². The number of fused-ring (bicyclic) bond motifs is 2. The number of rotatable bonds is 2. The van der Waals surface area contributed by atoms with Crippen LogP contribution in [-0.4, -0.2) is 37.0 Å². The molecule has 1 aliphatic heterocycles. The van der Waals surface area contributed by atoms with E-state index in [1.165, 1.54) is 16.7 Å². The summed E-state index contributed by atoms with van der Waals surface area (Å²) in [6, 6.07) is 6.46. The number of benzene rings is 1. The average Bonchev–Trinajstić information content (AvgIpc) is 2.87. The number of hydrogen-bond acceptors (Lipinski definition) is 2. The van der Waals surface area contributed by atoms with Crippen molar-refractivity contribution in [3.05, 3.63) is 34.9 Å². The maximum absolute atomic E-state index is 12.0. The monoisotopic (exact) mass is 329 g/mol. The number of carbonyl (C=O) groups excluding carboxylic acids is 2. The molecule has 0 radical (unpaired) electrons. The Labute approximate surface area is 143 Å². The molecule has 1 aliphatic carbocycles. The van der Waals surface area contributed by atoms with Gasteiger partial charge >= 0.3 is 6.03 Å². The zero-order valence-electron chi connectivity index (χ0n) is 14.8. The minimum absolute atomic E-state index is 0.0500. The van der Waals surface area contributed by atoms with Gasteiger partial charge in [0.05, 0.1) is 6.04 Å². The summed E-state index contributed by atoms with van der Waals surface area (Å²) in [5.74, 6) is 0.243. The van der Waals surface area contributed by atoms with Gasteiger partial charge in [0.2, 0.25) is 5.91 Å². The highest BCUT2D eigenvalue weighted by atomic mass is 16.2. The first-order chi connectivity index (χ1) is 11.5. The third-order valence-electron chi connectivity index (χ3n) is 5.66. The summed E-state index contributed by atoms with van der Waals surface area (Å²) in [7, 11) is 1.64. The van der Waals surface area contributed by atoms with E-state index < -0.39 is 0 Å². The van der Waals surface area contributed by atoms with Crippen LogP contribution in [0.4, 0.5) is 4.79 Å². The normalized spacial score (nSPS) is 21.5. The van der Waals surface area contributed by atoms with Crippen LogP contribution in [0.25, 0.3) is 0 Å². The molecule has 1 saturated heterocycles. The molecule has 130 valence electrons. The van der Waals surface area contributed by atoms with E-state index in [4.69, 9.17) is 0 Å². The predicted octanol–water partition coefficient (Wildman–Crippen LogP) is 2.64. The molecule has 1 aromatic carbocycles. The van der Waals surface area contributed by atoms with Gasteiger partial charge in [0, 0.05) is 32.0 Å². The van der Waals surface area contributed by atoms with Crippen molar-refractivity contribution in [3.63, 3.8) is 0 Å². The van der Waals surface area contributed by atoms with Crippen molar-refractivity contribution in [2.45, 2.75) is 51.0 Å². The molecule has 1 aromatic rings. The van der Waals surface area contributed by atoms with Crippen molar-refractivity contribution in [2.75, 3.05) is 20.1 Å². The maximum Gasteiger partial charge on any atom is 0.315 e. The first-order valence-corrected chi connectivity index (χ1v) is 8.86. The minimum atomic E-state index is -0.137. The molecule has 1 unspecified atom stereocenters. The molecule has 24 heavy (non-hydrogen) atoms. The largest absolute Gasteiger partial charge is 0.343 e. The Morgan fingerprint density at radius 1 is 1.29 bits per heavy atom. The second kappa shape index (κ2) is 6.46. The van der Waals surface area contributed by atoms with Gasteiger partial charge in [0.15, 0.2) is 0 Å². The van der Waals surface area contributed by atoms with E-state index in [-0.39, 0.29) is 23.4 Å². The molecule has 1 atom stereocenters. The molecule has 3 amide bonds. The number of piperidine rings is 1. The van der Waals surface area contributed by atoms with E-state index in [1.54, 1.807) is 7.05 Å². The number of likely N-dealkylation sites (tertiary alicyclic amines) is 1. The Morgan fingerprint density at radius 2 is 2.00 bits per heavy atom. The lowest BCUT2D eigenvalue weighted by molar-refractivity contribution is -0.132. The van der Waals surface area contributed by atoms with Crippen LogP contribution in [0.5, 0.6) is 0 Å². The molecule has 0 aromatic heterocycles. The van der Waals surface area contributed by atoms with Gasteiger partial charge in [-0.2, -0.15) is 0 Å². The van der Waals surface area contributed by atoms with Crippen LogP contribution in [0.2, 0.25) is 0 Å². The van der Waals surface area contributed by atoms with E-state index in [1.807, 2.05) is 11.8 Å². The summed E-state index contributed by atoms with van der Waals surface area (Å²) in [4.78, 5) is 25.8. The van der Waals surface area contributed by atoms with Crippen molar-refractivity contribution < 1.29 is 9.59 Å². The highest BCUT2D eigenvalue weighted by molar-refractivity contribution is 5.76. The molecule has 3 rings (SSSR count). The zero-order chi connectivity index (χ0) is 17.3. The van der Waals surface area contributed by atoms with Gasteiger partial charge in [-0.25, -0.2) is 4.79 Å². The first-order valence-electron chi connectivity index (χ1n) is 8.86. The Kier molecular flexibility index (Phi) is 4.52. The van der Waals surface area contributed by atoms with Crippen LogP contribution in [0.15, 0.2) is 18.2 Å². The fourth-order valence-corrected chi connectivity index (χ4v) is 4.28. The van der Waals surface area contributed by atoms with Gasteiger partial charge in [0.25, 0.3) is 0 Å². The lowest BCUT2D eigenvalue weighted by atomic mass is 9.73. The Bertz CT molecular complexity index is 648. The van der Waals surface area contributed by atoms with Gasteiger partial charge in [-0.3, -0.25) is 4.79 Å². The molecular weight excluding hydrogens is 302 g/mol. The molecule has 2 aliphatic rings. The van der Waals surface area contributed by atoms with E-state index in [0.717, 1.165) is 32.4 Å². The second-order valence-electron chi connectivity index (χ2n) is 7.09. The SMILES string of the molecule is CCC(=O)N1CCC2(CC1)CC(NC(=O)NC)c1ccc(C)cc12. The Balaban J connectivity index is 1.86. The highest BCUT2D eigenvalue weighted by Gasteiger charge is 2.46. The number of urea groups is 1. The predicted molar refractivity (Wildman–Crippen MR) is 93.9 cm³/mol. The molecule has 5 nitrogen and oxygen atoms in total. The molecule has 1 spiro atoms. The molecule has 0 bridgehead atoms. The van der Waals surface area contributed by atoms with Gasteiger partial charge in [-0.1, -0.05) is 30.7 Å². The summed E-state index contributed by atoms with van der Waals surface area (Å²) in [6.45, 7) is 5.66. The van der Waals surface area contributed by atoms with Crippen LogP contribution in [0.1, 0.15) is 55.3 Å². The molecule has 1 heterocycles. The highest BCUT2D eigenvalue weighted by Crippen LogP contribution is 2.51. The molecule has 2 N–H and O–H groups in total. The first kappa shape index (κ1) is 16.8. The summed E-state index contributed by atoms with van der Waals surface area (Å²) in [5, 5.41) is 5.74. The molecule has 1 fully saturated rings. The number of amides is 3. The molecule has 0 saturated carbocycles. The third kappa shape index (κ3) is 2.87. The summed E-state index contributed by atoms with van der Waals surface area (Å²) < 4.78 is 0. The number of hydrogen-bond donors (Lipinski definition) is 2. The standard InChI is InChI=1S/C19H27N3O2/c1-4-17(23)22-9-7-19(8-10-22)12-16(21-18(24)20-3)14-6-5-13(2)11-15(14)19/h5-6,11,16H,4,7-10,12H2,1-3H3,(H2,20,21,24). The summed E-state index contributed by atoms with van der Waals surface area (Å²) >= 11 is 0.